The highest BCUT2D eigenvalue weighted by molar-refractivity contribution is 7.91. The number of non-ortho nitro benzene ring substituents is 1. The lowest BCUT2D eigenvalue weighted by atomic mass is 10.2. The van der Waals surface area contributed by atoms with Crippen LogP contribution in [-0.2, 0) is 15.8 Å². The summed E-state index contributed by atoms with van der Waals surface area (Å²) in [7, 11) is -3.54. The van der Waals surface area contributed by atoms with E-state index >= 15 is 0 Å². The van der Waals surface area contributed by atoms with Gasteiger partial charge >= 0.3 is 0 Å². The van der Waals surface area contributed by atoms with Crippen LogP contribution in [0.15, 0.2) is 54.6 Å². The fourth-order valence-electron chi connectivity index (χ4n) is 1.66. The van der Waals surface area contributed by atoms with Crippen LogP contribution in [0.5, 0.6) is 0 Å². The number of hydrogen-bond donors (Lipinski definition) is 1. The van der Waals surface area contributed by atoms with Crippen molar-refractivity contribution >= 4 is 21.4 Å². The minimum Gasteiger partial charge on any atom is -0.283 e. The van der Waals surface area contributed by atoms with Gasteiger partial charge in [0.2, 0.25) is 10.0 Å². The Labute approximate surface area is 116 Å². The fourth-order valence-corrected chi connectivity index (χ4v) is 2.86. The smallest absolute Gasteiger partial charge is 0.269 e. The number of benzene rings is 2. The van der Waals surface area contributed by atoms with Gasteiger partial charge in [0.05, 0.1) is 10.7 Å². The van der Waals surface area contributed by atoms with Crippen molar-refractivity contribution in [1.29, 1.82) is 0 Å². The lowest BCUT2D eigenvalue weighted by Gasteiger charge is -2.07. The zero-order valence-corrected chi connectivity index (χ0v) is 11.2. The summed E-state index contributed by atoms with van der Waals surface area (Å²) < 4.78 is 26.3. The Bertz CT molecular complexity index is 697. The van der Waals surface area contributed by atoms with Crippen molar-refractivity contribution in [2.75, 3.05) is 4.72 Å². The summed E-state index contributed by atoms with van der Waals surface area (Å²) in [4.78, 5) is 9.97. The van der Waals surface area contributed by atoms with Gasteiger partial charge in [0.25, 0.3) is 5.69 Å². The summed E-state index contributed by atoms with van der Waals surface area (Å²) in [5, 5.41) is 10.5. The Hall–Kier alpha value is -2.41. The molecule has 0 bridgehead atoms. The first kappa shape index (κ1) is 14.0. The number of anilines is 1. The van der Waals surface area contributed by atoms with E-state index in [1.54, 1.807) is 30.3 Å². The van der Waals surface area contributed by atoms with Gasteiger partial charge in [-0.3, -0.25) is 14.8 Å². The number of rotatable bonds is 5. The molecule has 0 amide bonds. The zero-order chi connectivity index (χ0) is 14.6. The Morgan fingerprint density at radius 3 is 2.15 bits per heavy atom. The van der Waals surface area contributed by atoms with Crippen LogP contribution in [0.4, 0.5) is 11.4 Å². The molecule has 2 rings (SSSR count). The van der Waals surface area contributed by atoms with Crippen molar-refractivity contribution in [1.82, 2.24) is 0 Å². The summed E-state index contributed by atoms with van der Waals surface area (Å²) in [5.74, 6) is -0.148. The predicted molar refractivity (Wildman–Crippen MR) is 75.8 cm³/mol. The minimum absolute atomic E-state index is 0.0870. The Kier molecular flexibility index (Phi) is 3.99. The molecule has 0 aliphatic rings. The highest BCUT2D eigenvalue weighted by Gasteiger charge is 2.12. The average Bonchev–Trinajstić information content (AvgIpc) is 2.39. The third-order valence-electron chi connectivity index (χ3n) is 2.55. The molecule has 2 aromatic rings. The van der Waals surface area contributed by atoms with E-state index in [4.69, 9.17) is 0 Å². The Balaban J connectivity index is 2.10. The molecule has 20 heavy (non-hydrogen) atoms. The molecule has 0 spiro atoms. The summed E-state index contributed by atoms with van der Waals surface area (Å²) in [6, 6.07) is 14.0. The quantitative estimate of drug-likeness (QED) is 0.677. The molecule has 0 fully saturated rings. The molecular weight excluding hydrogens is 280 g/mol. The fraction of sp³-hybridized carbons (Fsp3) is 0.0769. The Morgan fingerprint density at radius 2 is 1.60 bits per heavy atom. The number of hydrogen-bond acceptors (Lipinski definition) is 4. The molecule has 0 radical (unpaired) electrons. The Morgan fingerprint density at radius 1 is 1.00 bits per heavy atom. The lowest BCUT2D eigenvalue weighted by molar-refractivity contribution is -0.384. The molecule has 0 saturated carbocycles. The maximum atomic E-state index is 11.9. The molecule has 2 aromatic carbocycles. The van der Waals surface area contributed by atoms with Crippen LogP contribution >= 0.6 is 0 Å². The normalized spacial score (nSPS) is 11.0. The maximum Gasteiger partial charge on any atom is 0.269 e. The van der Waals surface area contributed by atoms with Crippen molar-refractivity contribution in [3.05, 3.63) is 70.3 Å². The van der Waals surface area contributed by atoms with Crippen LogP contribution in [0.25, 0.3) is 0 Å². The summed E-state index contributed by atoms with van der Waals surface area (Å²) in [5.41, 5.74) is 0.879. The molecule has 7 heteroatoms. The van der Waals surface area contributed by atoms with E-state index in [-0.39, 0.29) is 11.4 Å². The van der Waals surface area contributed by atoms with Gasteiger partial charge in [0.1, 0.15) is 0 Å². The number of nitro groups is 1. The van der Waals surface area contributed by atoms with E-state index < -0.39 is 14.9 Å². The van der Waals surface area contributed by atoms with Crippen molar-refractivity contribution in [2.45, 2.75) is 5.75 Å². The first-order valence-electron chi connectivity index (χ1n) is 5.75. The van der Waals surface area contributed by atoms with Crippen LogP contribution in [-0.4, -0.2) is 13.3 Å². The first-order valence-corrected chi connectivity index (χ1v) is 7.40. The monoisotopic (exact) mass is 292 g/mol. The van der Waals surface area contributed by atoms with Crippen molar-refractivity contribution in [2.24, 2.45) is 0 Å². The number of sulfonamides is 1. The van der Waals surface area contributed by atoms with Gasteiger partial charge in [-0.05, 0) is 17.7 Å². The SMILES string of the molecule is O=[N+]([O-])c1ccc(NS(=O)(=O)Cc2ccccc2)cc1. The van der Waals surface area contributed by atoms with Crippen molar-refractivity contribution < 1.29 is 13.3 Å². The molecule has 0 aliphatic carbocycles. The van der Waals surface area contributed by atoms with E-state index in [1.165, 1.54) is 24.3 Å². The van der Waals surface area contributed by atoms with Crippen molar-refractivity contribution in [3.63, 3.8) is 0 Å². The van der Waals surface area contributed by atoms with Crippen molar-refractivity contribution in [3.8, 4) is 0 Å². The molecule has 0 saturated heterocycles. The minimum atomic E-state index is -3.54. The largest absolute Gasteiger partial charge is 0.283 e. The standard InChI is InChI=1S/C13H12N2O4S/c16-15(17)13-8-6-12(7-9-13)14-20(18,19)10-11-4-2-1-3-5-11/h1-9,14H,10H2. The van der Waals surface area contributed by atoms with Crippen LogP contribution in [0.2, 0.25) is 0 Å². The molecule has 0 aromatic heterocycles. The molecule has 104 valence electrons. The van der Waals surface area contributed by atoms with E-state index in [9.17, 15) is 18.5 Å². The summed E-state index contributed by atoms with van der Waals surface area (Å²) >= 11 is 0. The number of nitro benzene ring substituents is 1. The van der Waals surface area contributed by atoms with Gasteiger partial charge in [-0.15, -0.1) is 0 Å². The summed E-state index contributed by atoms with van der Waals surface area (Å²) in [6.07, 6.45) is 0. The highest BCUT2D eigenvalue weighted by atomic mass is 32.2. The second-order valence-corrected chi connectivity index (χ2v) is 5.87. The molecule has 1 N–H and O–H groups in total. The van der Waals surface area contributed by atoms with Crippen LogP contribution in [0.1, 0.15) is 5.56 Å². The molecule has 0 heterocycles. The molecule has 0 atom stereocenters. The predicted octanol–water partition coefficient (Wildman–Crippen LogP) is 2.54. The van der Waals surface area contributed by atoms with Crippen LogP contribution in [0.3, 0.4) is 0 Å². The maximum absolute atomic E-state index is 11.9. The van der Waals surface area contributed by atoms with Gasteiger partial charge in [0, 0.05) is 17.8 Å². The van der Waals surface area contributed by atoms with E-state index in [0.717, 1.165) is 0 Å². The van der Waals surface area contributed by atoms with Gasteiger partial charge in [-0.1, -0.05) is 30.3 Å². The van der Waals surface area contributed by atoms with Gasteiger partial charge in [0.15, 0.2) is 0 Å². The zero-order valence-electron chi connectivity index (χ0n) is 10.4. The highest BCUT2D eigenvalue weighted by Crippen LogP contribution is 2.17. The first-order chi connectivity index (χ1) is 9.46. The number of nitrogens with zero attached hydrogens (tertiary/aromatic N) is 1. The average molecular weight is 292 g/mol. The van der Waals surface area contributed by atoms with Gasteiger partial charge in [-0.25, -0.2) is 8.42 Å². The second-order valence-electron chi connectivity index (χ2n) is 4.15. The lowest BCUT2D eigenvalue weighted by Crippen LogP contribution is -2.14. The second kappa shape index (κ2) is 5.70. The third-order valence-corrected chi connectivity index (χ3v) is 3.81. The molecule has 0 aliphatic heterocycles. The van der Waals surface area contributed by atoms with Crippen LogP contribution in [0, 0.1) is 10.1 Å². The molecular formula is C13H12N2O4S. The summed E-state index contributed by atoms with van der Waals surface area (Å²) in [6.45, 7) is 0. The third kappa shape index (κ3) is 3.79. The van der Waals surface area contributed by atoms with Gasteiger partial charge < -0.3 is 0 Å². The van der Waals surface area contributed by atoms with Crippen LogP contribution < -0.4 is 4.72 Å². The van der Waals surface area contributed by atoms with Gasteiger partial charge in [-0.2, -0.15) is 0 Å². The molecule has 6 nitrogen and oxygen atoms in total. The van der Waals surface area contributed by atoms with E-state index in [2.05, 4.69) is 4.72 Å². The van der Waals surface area contributed by atoms with E-state index in [1.807, 2.05) is 0 Å². The topological polar surface area (TPSA) is 89.3 Å². The molecule has 0 unspecified atom stereocenters. The van der Waals surface area contributed by atoms with E-state index in [0.29, 0.717) is 11.3 Å². The number of nitrogens with one attached hydrogen (secondary N) is 1.